The van der Waals surface area contributed by atoms with E-state index < -0.39 is 85.5 Å². The third-order valence-corrected chi connectivity index (χ3v) is 12.8. The van der Waals surface area contributed by atoms with Gasteiger partial charge in [0.15, 0.2) is 11.8 Å². The summed E-state index contributed by atoms with van der Waals surface area (Å²) in [6.07, 6.45) is -6.45. The summed E-state index contributed by atoms with van der Waals surface area (Å²) >= 11 is -1.76. The first kappa shape index (κ1) is 43.1. The lowest BCUT2D eigenvalue weighted by Gasteiger charge is -2.32. The van der Waals surface area contributed by atoms with E-state index >= 15 is 8.78 Å². The molecule has 2 N–H and O–H groups in total. The Morgan fingerprint density at radius 1 is 0.982 bits per heavy atom. The van der Waals surface area contributed by atoms with E-state index in [1.165, 1.54) is 19.1 Å². The van der Waals surface area contributed by atoms with Gasteiger partial charge in [-0.15, -0.1) is 4.72 Å². The zero-order valence-corrected chi connectivity index (χ0v) is 34.2. The quantitative estimate of drug-likeness (QED) is 0.0451. The maximum absolute atomic E-state index is 15.5. The van der Waals surface area contributed by atoms with Crippen molar-refractivity contribution in [1.82, 2.24) is 29.5 Å². The molecule has 2 aromatic heterocycles. The normalized spacial score (nSPS) is 18.5. The molecule has 3 aromatic rings. The van der Waals surface area contributed by atoms with E-state index in [0.29, 0.717) is 22.7 Å². The summed E-state index contributed by atoms with van der Waals surface area (Å²) in [4.78, 5) is 35.7. The summed E-state index contributed by atoms with van der Waals surface area (Å²) in [6, 6.07) is 8.51. The predicted octanol–water partition coefficient (Wildman–Crippen LogP) is 7.16. The van der Waals surface area contributed by atoms with Crippen molar-refractivity contribution >= 4 is 42.4 Å². The fourth-order valence-electron chi connectivity index (χ4n) is 6.12. The van der Waals surface area contributed by atoms with Gasteiger partial charge in [-0.05, 0) is 83.7 Å². The Kier molecular flexibility index (Phi) is 12.9. The second kappa shape index (κ2) is 16.5. The molecule has 3 heterocycles. The summed E-state index contributed by atoms with van der Waals surface area (Å²) in [5.74, 6) is -4.84. The number of nitrogens with zero attached hydrogens (tertiary/aromatic N) is 4. The van der Waals surface area contributed by atoms with E-state index in [4.69, 9.17) is 19.4 Å². The molecule has 2 amide bonds. The molecule has 0 saturated heterocycles. The monoisotopic (exact) mass is 814 g/mol. The Morgan fingerprint density at radius 2 is 1.60 bits per heavy atom. The third kappa shape index (κ3) is 10.7. The van der Waals surface area contributed by atoms with Gasteiger partial charge in [-0.2, -0.15) is 13.2 Å². The molecular weight excluding hydrogens is 764 g/mol. The number of pyridine rings is 1. The van der Waals surface area contributed by atoms with Gasteiger partial charge in [0.1, 0.15) is 23.3 Å². The van der Waals surface area contributed by atoms with Gasteiger partial charge >= 0.3 is 6.18 Å². The zero-order valence-electron chi connectivity index (χ0n) is 32.4. The molecule has 18 heteroatoms. The predicted molar refractivity (Wildman–Crippen MR) is 202 cm³/mol. The number of amides is 2. The number of hydrogen-bond donors (Lipinski definition) is 2. The van der Waals surface area contributed by atoms with Crippen LogP contribution >= 0.6 is 0 Å². The van der Waals surface area contributed by atoms with Gasteiger partial charge in [0.2, 0.25) is 0 Å². The molecule has 2 aliphatic rings. The van der Waals surface area contributed by atoms with Crippen LogP contribution in [0, 0.1) is 5.92 Å². The molecule has 1 fully saturated rings. The summed E-state index contributed by atoms with van der Waals surface area (Å²) in [5, 5.41) is 2.93. The number of imide groups is 1. The zero-order chi connectivity index (χ0) is 40.7. The van der Waals surface area contributed by atoms with Crippen LogP contribution in [0.2, 0.25) is 25.7 Å². The summed E-state index contributed by atoms with van der Waals surface area (Å²) in [7, 11) is -1.48. The molecule has 1 saturated carbocycles. The number of ether oxygens (including phenoxy) is 2. The lowest BCUT2D eigenvalue weighted by Crippen LogP contribution is -2.47. The summed E-state index contributed by atoms with van der Waals surface area (Å²) in [5.41, 5.74) is 1.25. The SMILES string of the molecule is C[C@@H](O[C@H](C)C(F)(F)F)[C@H](N[S+]([O-])C(C)(C)C)c1nc2nc([C@H](NCC(F)(F)CN3C(=O)c4ccccc4C3=O)C3CC3)ccc2n1COCC[Si](C)(C)C. The second-order valence-corrected chi connectivity index (χ2v) is 24.2. The van der Waals surface area contributed by atoms with Gasteiger partial charge in [0, 0.05) is 26.0 Å². The number of alkyl halides is 5. The fraction of sp³-hybridized carbons (Fsp3) is 0.622. The van der Waals surface area contributed by atoms with E-state index in [0.717, 1.165) is 25.8 Å². The van der Waals surface area contributed by atoms with Crippen molar-refractivity contribution in [1.29, 1.82) is 0 Å². The number of nitrogens with one attached hydrogen (secondary N) is 2. The van der Waals surface area contributed by atoms with Crippen LogP contribution in [0.15, 0.2) is 36.4 Å². The van der Waals surface area contributed by atoms with Crippen LogP contribution in [0.3, 0.4) is 0 Å². The Hall–Kier alpha value is -3.00. The highest BCUT2D eigenvalue weighted by atomic mass is 32.2. The number of fused-ring (bicyclic) bond motifs is 2. The average Bonchev–Trinajstić information content (AvgIpc) is 3.82. The molecule has 0 spiro atoms. The second-order valence-electron chi connectivity index (χ2n) is 16.6. The van der Waals surface area contributed by atoms with Crippen LogP contribution in [-0.4, -0.2) is 92.6 Å². The standard InChI is InChI=1S/C37H51F5N6O5SSi/c1-22(53-23(2)37(40,41)42)29(46-54(51)35(3,4)5)32-45-31-28(48(32)21-52-17-18-55(6,7)8)16-15-27(44-31)30(24-13-14-24)43-19-36(38,39)20-47-33(49)25-11-9-10-12-26(25)34(47)50/h9-12,15-16,22-24,29-30,43,46H,13-14,17-21H2,1-8H3/t22-,23-,29+,30-,54?/m1/s1. The first-order valence-electron chi connectivity index (χ1n) is 18.4. The maximum Gasteiger partial charge on any atom is 0.414 e. The molecule has 1 aliphatic carbocycles. The van der Waals surface area contributed by atoms with Gasteiger partial charge in [-0.3, -0.25) is 14.5 Å². The highest BCUT2D eigenvalue weighted by molar-refractivity contribution is 7.90. The highest BCUT2D eigenvalue weighted by Crippen LogP contribution is 2.41. The lowest BCUT2D eigenvalue weighted by atomic mass is 10.1. The minimum absolute atomic E-state index is 0.0209. The van der Waals surface area contributed by atoms with Crippen LogP contribution in [0.4, 0.5) is 22.0 Å². The lowest BCUT2D eigenvalue weighted by molar-refractivity contribution is -0.227. The van der Waals surface area contributed by atoms with Crippen molar-refractivity contribution in [2.24, 2.45) is 5.92 Å². The Balaban J connectivity index is 1.45. The van der Waals surface area contributed by atoms with E-state index in [1.54, 1.807) is 49.6 Å². The van der Waals surface area contributed by atoms with Crippen molar-refractivity contribution in [2.75, 3.05) is 19.7 Å². The van der Waals surface area contributed by atoms with Gasteiger partial charge in [-0.1, -0.05) is 31.8 Å². The van der Waals surface area contributed by atoms with Crippen molar-refractivity contribution in [3.8, 4) is 0 Å². The number of carbonyl (C=O) groups excluding carboxylic acids is 2. The maximum atomic E-state index is 15.5. The average molecular weight is 815 g/mol. The van der Waals surface area contributed by atoms with Crippen molar-refractivity contribution in [3.63, 3.8) is 0 Å². The number of aromatic nitrogens is 3. The van der Waals surface area contributed by atoms with Crippen LogP contribution in [0.1, 0.15) is 91.8 Å². The van der Waals surface area contributed by atoms with Crippen molar-refractivity contribution < 1.29 is 45.6 Å². The van der Waals surface area contributed by atoms with E-state index in [1.807, 2.05) is 0 Å². The number of hydrogen-bond acceptors (Lipinski definition) is 9. The topological polar surface area (TPSA) is 134 Å². The smallest absolute Gasteiger partial charge is 0.414 e. The molecule has 5 rings (SSSR count). The van der Waals surface area contributed by atoms with Crippen molar-refractivity contribution in [2.45, 2.75) is 121 Å². The Morgan fingerprint density at radius 3 is 2.15 bits per heavy atom. The third-order valence-electron chi connectivity index (χ3n) is 9.56. The molecule has 55 heavy (non-hydrogen) atoms. The Labute approximate surface area is 322 Å². The molecule has 1 aromatic carbocycles. The van der Waals surface area contributed by atoms with Gasteiger partial charge < -0.3 is 23.9 Å². The van der Waals surface area contributed by atoms with Crippen LogP contribution < -0.4 is 10.0 Å². The molecule has 0 bridgehead atoms. The highest BCUT2D eigenvalue weighted by Gasteiger charge is 2.45. The van der Waals surface area contributed by atoms with Gasteiger partial charge in [-0.25, -0.2) is 18.7 Å². The number of imidazole rings is 1. The van der Waals surface area contributed by atoms with Gasteiger partial charge in [0.05, 0.1) is 47.6 Å². The molecule has 304 valence electrons. The molecule has 5 atom stereocenters. The summed E-state index contributed by atoms with van der Waals surface area (Å²) < 4.78 is 101. The molecule has 1 unspecified atom stereocenters. The van der Waals surface area contributed by atoms with E-state index in [-0.39, 0.29) is 35.2 Å². The largest absolute Gasteiger partial charge is 0.598 e. The fourth-order valence-corrected chi connectivity index (χ4v) is 7.76. The molecule has 1 aliphatic heterocycles. The van der Waals surface area contributed by atoms with Gasteiger partial charge in [0.25, 0.3) is 17.7 Å². The van der Waals surface area contributed by atoms with Crippen molar-refractivity contribution in [3.05, 3.63) is 59.0 Å². The molecular formula is C37H51F5N6O5SSi. The van der Waals surface area contributed by atoms with Crippen LogP contribution in [0.25, 0.3) is 11.2 Å². The van der Waals surface area contributed by atoms with Crippen LogP contribution in [-0.2, 0) is 27.6 Å². The molecule has 0 radical (unpaired) electrons. The number of halogens is 5. The summed E-state index contributed by atoms with van der Waals surface area (Å²) in [6.45, 7) is 12.6. The minimum Gasteiger partial charge on any atom is -0.598 e. The van der Waals surface area contributed by atoms with E-state index in [9.17, 15) is 27.3 Å². The minimum atomic E-state index is -4.65. The van der Waals surface area contributed by atoms with Crippen LogP contribution in [0.5, 0.6) is 0 Å². The first-order chi connectivity index (χ1) is 25.5. The molecule has 11 nitrogen and oxygen atoms in total. The van der Waals surface area contributed by atoms with E-state index in [2.05, 4.69) is 29.7 Å². The first-order valence-corrected chi connectivity index (χ1v) is 23.2. The number of carbonyl (C=O) groups is 2. The Bertz CT molecular complexity index is 1810. The number of benzene rings is 1. The number of rotatable bonds is 18.